The van der Waals surface area contributed by atoms with Crippen molar-refractivity contribution in [3.05, 3.63) is 0 Å². The summed E-state index contributed by atoms with van der Waals surface area (Å²) in [4.78, 5) is 17.2. The Morgan fingerprint density at radius 3 is 2.28 bits per heavy atom. The predicted molar refractivity (Wildman–Crippen MR) is 69.7 cm³/mol. The van der Waals surface area contributed by atoms with Crippen LogP contribution in [0.5, 0.6) is 0 Å². The Morgan fingerprint density at radius 1 is 1.22 bits per heavy atom. The molecule has 0 bridgehead atoms. The molecule has 0 spiro atoms. The highest BCUT2D eigenvalue weighted by Crippen LogP contribution is 2.04. The number of likely N-dealkylation sites (N-methyl/N-ethyl adjacent to an activating group) is 1. The first-order valence-corrected chi connectivity index (χ1v) is 6.46. The van der Waals surface area contributed by atoms with E-state index in [9.17, 15) is 9.90 Å². The lowest BCUT2D eigenvalue weighted by atomic mass is 10.2. The van der Waals surface area contributed by atoms with E-state index in [1.165, 1.54) is 0 Å². The van der Waals surface area contributed by atoms with Crippen molar-refractivity contribution in [1.82, 2.24) is 14.7 Å². The zero-order valence-corrected chi connectivity index (χ0v) is 11.4. The summed E-state index contributed by atoms with van der Waals surface area (Å²) < 4.78 is 0. The molecule has 1 fully saturated rings. The van der Waals surface area contributed by atoms with Crippen LogP contribution in [-0.4, -0.2) is 96.9 Å². The van der Waals surface area contributed by atoms with E-state index in [-0.39, 0.29) is 6.42 Å². The van der Waals surface area contributed by atoms with Crippen molar-refractivity contribution in [2.45, 2.75) is 12.5 Å². The van der Waals surface area contributed by atoms with Gasteiger partial charge < -0.3 is 15.1 Å². The van der Waals surface area contributed by atoms with Crippen molar-refractivity contribution >= 4 is 5.97 Å². The summed E-state index contributed by atoms with van der Waals surface area (Å²) in [7, 11) is 4.14. The fourth-order valence-electron chi connectivity index (χ4n) is 2.10. The Morgan fingerprint density at radius 2 is 1.78 bits per heavy atom. The largest absolute Gasteiger partial charge is 0.481 e. The summed E-state index contributed by atoms with van der Waals surface area (Å²) in [5.41, 5.74) is 0. The second kappa shape index (κ2) is 7.68. The van der Waals surface area contributed by atoms with Crippen LogP contribution in [0.3, 0.4) is 0 Å². The number of carboxylic acids is 1. The molecule has 0 aromatic heterocycles. The Kier molecular flexibility index (Phi) is 6.56. The van der Waals surface area contributed by atoms with Gasteiger partial charge in [-0.1, -0.05) is 0 Å². The first kappa shape index (κ1) is 15.4. The fourth-order valence-corrected chi connectivity index (χ4v) is 2.10. The molecule has 0 aromatic carbocycles. The van der Waals surface area contributed by atoms with E-state index in [0.717, 1.165) is 39.3 Å². The molecule has 0 aliphatic carbocycles. The third-order valence-electron chi connectivity index (χ3n) is 3.21. The van der Waals surface area contributed by atoms with Gasteiger partial charge in [0.05, 0.1) is 12.5 Å². The number of hydrogen-bond donors (Lipinski definition) is 2. The summed E-state index contributed by atoms with van der Waals surface area (Å²) in [6.07, 6.45) is -0.920. The maximum atomic E-state index is 10.5. The third kappa shape index (κ3) is 6.30. The number of piperazine rings is 1. The lowest BCUT2D eigenvalue weighted by Gasteiger charge is -2.35. The van der Waals surface area contributed by atoms with Crippen LogP contribution in [0.25, 0.3) is 0 Å². The van der Waals surface area contributed by atoms with E-state index >= 15 is 0 Å². The van der Waals surface area contributed by atoms with E-state index in [4.69, 9.17) is 5.11 Å². The van der Waals surface area contributed by atoms with Gasteiger partial charge in [0, 0.05) is 45.8 Å². The van der Waals surface area contributed by atoms with E-state index in [2.05, 4.69) is 28.8 Å². The molecule has 1 rings (SSSR count). The van der Waals surface area contributed by atoms with Crippen LogP contribution in [0, 0.1) is 0 Å². The minimum absolute atomic E-state index is 0.166. The van der Waals surface area contributed by atoms with Gasteiger partial charge in [-0.3, -0.25) is 14.6 Å². The first-order chi connectivity index (χ1) is 8.47. The lowest BCUT2D eigenvalue weighted by molar-refractivity contribution is -0.139. The standard InChI is InChI=1S/C12H25N3O3/c1-13(2)3-4-14-5-7-15(8-6-14)10-11(16)9-12(17)18/h11,16H,3-10H2,1-2H3,(H,17,18). The summed E-state index contributed by atoms with van der Waals surface area (Å²) in [6.45, 7) is 6.39. The Hall–Kier alpha value is -0.690. The molecular formula is C12H25N3O3. The molecular weight excluding hydrogens is 234 g/mol. The quantitative estimate of drug-likeness (QED) is 0.611. The maximum Gasteiger partial charge on any atom is 0.306 e. The molecule has 2 N–H and O–H groups in total. The van der Waals surface area contributed by atoms with Crippen LogP contribution in [0.1, 0.15) is 6.42 Å². The van der Waals surface area contributed by atoms with Crippen LogP contribution in [0.15, 0.2) is 0 Å². The number of carbonyl (C=O) groups is 1. The van der Waals surface area contributed by atoms with E-state index in [1.807, 2.05) is 0 Å². The highest BCUT2D eigenvalue weighted by Gasteiger charge is 2.20. The van der Waals surface area contributed by atoms with Crippen LogP contribution >= 0.6 is 0 Å². The molecule has 0 saturated carbocycles. The van der Waals surface area contributed by atoms with Gasteiger partial charge in [0.1, 0.15) is 0 Å². The highest BCUT2D eigenvalue weighted by atomic mass is 16.4. The van der Waals surface area contributed by atoms with Gasteiger partial charge in [0.25, 0.3) is 0 Å². The Bertz CT molecular complexity index is 253. The number of nitrogens with zero attached hydrogens (tertiary/aromatic N) is 3. The normalized spacial score (nSPS) is 20.2. The number of aliphatic carboxylic acids is 1. The van der Waals surface area contributed by atoms with Gasteiger partial charge in [-0.25, -0.2) is 0 Å². The zero-order chi connectivity index (χ0) is 13.5. The Balaban J connectivity index is 2.16. The second-order valence-electron chi connectivity index (χ2n) is 5.20. The van der Waals surface area contributed by atoms with Crippen LogP contribution in [-0.2, 0) is 4.79 Å². The van der Waals surface area contributed by atoms with Gasteiger partial charge in [0.15, 0.2) is 0 Å². The molecule has 1 atom stereocenters. The molecule has 6 heteroatoms. The number of rotatable bonds is 7. The molecule has 1 aliphatic heterocycles. The van der Waals surface area contributed by atoms with Crippen molar-refractivity contribution in [2.75, 3.05) is 59.9 Å². The maximum absolute atomic E-state index is 10.5. The average Bonchev–Trinajstić information content (AvgIpc) is 2.26. The molecule has 0 radical (unpaired) electrons. The molecule has 6 nitrogen and oxygen atoms in total. The van der Waals surface area contributed by atoms with Crippen LogP contribution in [0.2, 0.25) is 0 Å². The summed E-state index contributed by atoms with van der Waals surface area (Å²) in [5.74, 6) is -0.938. The smallest absolute Gasteiger partial charge is 0.306 e. The number of hydrogen-bond acceptors (Lipinski definition) is 5. The number of β-amino-alcohol motifs (C(OH)–C–C–N with tert-alkyl or cyclic N) is 1. The monoisotopic (exact) mass is 259 g/mol. The minimum Gasteiger partial charge on any atom is -0.481 e. The molecule has 1 heterocycles. The Labute approximate surface area is 109 Å². The molecule has 18 heavy (non-hydrogen) atoms. The lowest BCUT2D eigenvalue weighted by Crippen LogP contribution is -2.49. The number of carboxylic acid groups (broad SMARTS) is 1. The minimum atomic E-state index is -0.938. The van der Waals surface area contributed by atoms with Crippen molar-refractivity contribution in [2.24, 2.45) is 0 Å². The van der Waals surface area contributed by atoms with Crippen LogP contribution in [0.4, 0.5) is 0 Å². The topological polar surface area (TPSA) is 67.2 Å². The molecule has 0 amide bonds. The van der Waals surface area contributed by atoms with Gasteiger partial charge in [-0.15, -0.1) is 0 Å². The molecule has 1 aliphatic rings. The van der Waals surface area contributed by atoms with Gasteiger partial charge >= 0.3 is 5.97 Å². The van der Waals surface area contributed by atoms with Crippen LogP contribution < -0.4 is 0 Å². The van der Waals surface area contributed by atoms with Crippen molar-refractivity contribution in [3.63, 3.8) is 0 Å². The summed E-state index contributed by atoms with van der Waals surface area (Å²) in [6, 6.07) is 0. The van der Waals surface area contributed by atoms with Crippen molar-refractivity contribution < 1.29 is 15.0 Å². The van der Waals surface area contributed by atoms with Crippen molar-refractivity contribution in [3.8, 4) is 0 Å². The SMILES string of the molecule is CN(C)CCN1CCN(CC(O)CC(=O)O)CC1. The molecule has 106 valence electrons. The predicted octanol–water partition coefficient (Wildman–Crippen LogP) is -0.999. The van der Waals surface area contributed by atoms with Gasteiger partial charge in [-0.05, 0) is 14.1 Å². The summed E-state index contributed by atoms with van der Waals surface area (Å²) >= 11 is 0. The van der Waals surface area contributed by atoms with Gasteiger partial charge in [0.2, 0.25) is 0 Å². The second-order valence-corrected chi connectivity index (χ2v) is 5.20. The molecule has 0 aromatic rings. The highest BCUT2D eigenvalue weighted by molar-refractivity contribution is 5.67. The van der Waals surface area contributed by atoms with Gasteiger partial charge in [-0.2, -0.15) is 0 Å². The fraction of sp³-hybridized carbons (Fsp3) is 0.917. The van der Waals surface area contributed by atoms with E-state index in [1.54, 1.807) is 0 Å². The van der Waals surface area contributed by atoms with E-state index < -0.39 is 12.1 Å². The average molecular weight is 259 g/mol. The first-order valence-electron chi connectivity index (χ1n) is 6.46. The molecule has 1 saturated heterocycles. The zero-order valence-electron chi connectivity index (χ0n) is 11.4. The van der Waals surface area contributed by atoms with Crippen molar-refractivity contribution in [1.29, 1.82) is 0 Å². The number of aliphatic hydroxyl groups is 1. The third-order valence-corrected chi connectivity index (χ3v) is 3.21. The molecule has 1 unspecified atom stereocenters. The number of aliphatic hydroxyl groups excluding tert-OH is 1. The van der Waals surface area contributed by atoms with E-state index in [0.29, 0.717) is 6.54 Å². The summed E-state index contributed by atoms with van der Waals surface area (Å²) in [5, 5.41) is 18.2.